The zero-order valence-corrected chi connectivity index (χ0v) is 10.1. The van der Waals surface area contributed by atoms with Crippen LogP contribution in [0.5, 0.6) is 0 Å². The molecule has 2 fully saturated rings. The number of carbonyl (C=O) groups is 2. The Morgan fingerprint density at radius 3 is 1.94 bits per heavy atom. The lowest BCUT2D eigenvalue weighted by atomic mass is 9.56. The number of aliphatic carboxylic acids is 1. The molecule has 1 aliphatic carbocycles. The Labute approximate surface area is 100 Å². The Morgan fingerprint density at radius 1 is 1.12 bits per heavy atom. The van der Waals surface area contributed by atoms with E-state index in [0.29, 0.717) is 38.8 Å². The molecule has 2 rings (SSSR count). The van der Waals surface area contributed by atoms with Gasteiger partial charge in [-0.15, -0.1) is 0 Å². The fourth-order valence-corrected chi connectivity index (χ4v) is 3.08. The summed E-state index contributed by atoms with van der Waals surface area (Å²) in [5.74, 6) is -0.896. The summed E-state index contributed by atoms with van der Waals surface area (Å²) < 4.78 is 0. The zero-order chi connectivity index (χ0) is 12.7. The van der Waals surface area contributed by atoms with Crippen LogP contribution in [0.15, 0.2) is 0 Å². The number of likely N-dealkylation sites (tertiary alicyclic amines) is 1. The maximum absolute atomic E-state index is 11.4. The number of carbonyl (C=O) groups excluding carboxylic acids is 1. The molecule has 0 atom stereocenters. The van der Waals surface area contributed by atoms with Gasteiger partial charge in [0.1, 0.15) is 0 Å². The number of hydrogen-bond acceptors (Lipinski definition) is 3. The maximum Gasteiger partial charge on any atom is 0.312 e. The summed E-state index contributed by atoms with van der Waals surface area (Å²) in [6.07, 6.45) is 2.72. The molecule has 2 aliphatic rings. The van der Waals surface area contributed by atoms with Gasteiger partial charge >= 0.3 is 5.97 Å². The highest BCUT2D eigenvalue weighted by Crippen LogP contribution is 2.53. The first-order valence-electron chi connectivity index (χ1n) is 6.13. The van der Waals surface area contributed by atoms with E-state index in [1.54, 1.807) is 4.90 Å². The minimum Gasteiger partial charge on any atom is -0.481 e. The fourth-order valence-electron chi connectivity index (χ4n) is 3.08. The topological polar surface area (TPSA) is 77.8 Å². The average Bonchev–Trinajstić information content (AvgIpc) is 2.14. The van der Waals surface area contributed by atoms with E-state index in [1.165, 1.54) is 6.92 Å². The molecule has 5 heteroatoms. The number of piperidine rings is 1. The van der Waals surface area contributed by atoms with E-state index in [1.807, 2.05) is 0 Å². The molecule has 17 heavy (non-hydrogen) atoms. The van der Waals surface area contributed by atoms with Crippen molar-refractivity contribution in [2.45, 2.75) is 44.6 Å². The van der Waals surface area contributed by atoms with Gasteiger partial charge in [-0.2, -0.15) is 0 Å². The van der Waals surface area contributed by atoms with Gasteiger partial charge in [0, 0.05) is 20.0 Å². The summed E-state index contributed by atoms with van der Waals surface area (Å²) >= 11 is 0. The monoisotopic (exact) mass is 241 g/mol. The van der Waals surface area contributed by atoms with Gasteiger partial charge in [-0.3, -0.25) is 9.59 Å². The van der Waals surface area contributed by atoms with Gasteiger partial charge in [0.2, 0.25) is 5.91 Å². The molecule has 1 amide bonds. The molecular weight excluding hydrogens is 222 g/mol. The highest BCUT2D eigenvalue weighted by Gasteiger charge is 2.59. The highest BCUT2D eigenvalue weighted by atomic mass is 16.4. The lowest BCUT2D eigenvalue weighted by molar-refractivity contribution is -0.193. The van der Waals surface area contributed by atoms with Crippen LogP contribution in [-0.4, -0.2) is 45.7 Å². The summed E-state index contributed by atoms with van der Waals surface area (Å²) in [6.45, 7) is 2.42. The number of hydrogen-bond donors (Lipinski definition) is 2. The van der Waals surface area contributed by atoms with Crippen LogP contribution in [0, 0.1) is 5.41 Å². The second-order valence-electron chi connectivity index (χ2n) is 5.28. The molecule has 0 spiro atoms. The number of amides is 1. The summed E-state index contributed by atoms with van der Waals surface area (Å²) in [4.78, 5) is 24.3. The third-order valence-corrected chi connectivity index (χ3v) is 4.54. The average molecular weight is 241 g/mol. The van der Waals surface area contributed by atoms with Crippen molar-refractivity contribution in [1.29, 1.82) is 0 Å². The van der Waals surface area contributed by atoms with Gasteiger partial charge in [-0.1, -0.05) is 6.42 Å². The van der Waals surface area contributed by atoms with Crippen molar-refractivity contribution < 1.29 is 19.8 Å². The number of carboxylic acid groups (broad SMARTS) is 1. The van der Waals surface area contributed by atoms with E-state index in [2.05, 4.69) is 0 Å². The second kappa shape index (κ2) is 3.98. The maximum atomic E-state index is 11.4. The van der Waals surface area contributed by atoms with Crippen LogP contribution >= 0.6 is 0 Å². The summed E-state index contributed by atoms with van der Waals surface area (Å²) in [7, 11) is 0. The van der Waals surface area contributed by atoms with Crippen LogP contribution in [0.3, 0.4) is 0 Å². The molecule has 0 bridgehead atoms. The number of rotatable bonds is 2. The highest BCUT2D eigenvalue weighted by molar-refractivity contribution is 5.78. The molecule has 0 aromatic heterocycles. The lowest BCUT2D eigenvalue weighted by Crippen LogP contribution is -2.61. The van der Waals surface area contributed by atoms with Crippen LogP contribution in [0.4, 0.5) is 0 Å². The van der Waals surface area contributed by atoms with E-state index < -0.39 is 17.0 Å². The van der Waals surface area contributed by atoms with Gasteiger partial charge in [0.25, 0.3) is 0 Å². The first kappa shape index (κ1) is 12.4. The van der Waals surface area contributed by atoms with Crippen molar-refractivity contribution in [1.82, 2.24) is 4.90 Å². The normalized spacial score (nSPS) is 26.1. The smallest absolute Gasteiger partial charge is 0.312 e. The molecule has 96 valence electrons. The zero-order valence-electron chi connectivity index (χ0n) is 10.1. The molecule has 1 heterocycles. The van der Waals surface area contributed by atoms with Crippen LogP contribution in [0.2, 0.25) is 0 Å². The molecule has 1 saturated heterocycles. The first-order valence-corrected chi connectivity index (χ1v) is 6.13. The molecule has 0 aromatic rings. The van der Waals surface area contributed by atoms with Crippen molar-refractivity contribution in [3.8, 4) is 0 Å². The van der Waals surface area contributed by atoms with Crippen molar-refractivity contribution in [3.63, 3.8) is 0 Å². The fraction of sp³-hybridized carbons (Fsp3) is 0.833. The molecule has 0 unspecified atom stereocenters. The molecule has 0 aromatic carbocycles. The molecular formula is C12H19NO4. The second-order valence-corrected chi connectivity index (χ2v) is 5.28. The lowest BCUT2D eigenvalue weighted by Gasteiger charge is -2.53. The Morgan fingerprint density at radius 2 is 1.65 bits per heavy atom. The van der Waals surface area contributed by atoms with Crippen molar-refractivity contribution in [2.75, 3.05) is 13.1 Å². The van der Waals surface area contributed by atoms with E-state index in [0.717, 1.165) is 6.42 Å². The number of carboxylic acids is 1. The Kier molecular flexibility index (Phi) is 2.89. The third-order valence-electron chi connectivity index (χ3n) is 4.54. The van der Waals surface area contributed by atoms with Crippen LogP contribution < -0.4 is 0 Å². The molecule has 1 aliphatic heterocycles. The van der Waals surface area contributed by atoms with E-state index in [4.69, 9.17) is 0 Å². The van der Waals surface area contributed by atoms with Crippen molar-refractivity contribution in [3.05, 3.63) is 0 Å². The Balaban J connectivity index is 2.11. The molecule has 1 saturated carbocycles. The van der Waals surface area contributed by atoms with Gasteiger partial charge < -0.3 is 15.1 Å². The number of nitrogens with zero attached hydrogens (tertiary/aromatic N) is 1. The summed E-state index contributed by atoms with van der Waals surface area (Å²) in [5, 5.41) is 19.9. The van der Waals surface area contributed by atoms with Crippen LogP contribution in [-0.2, 0) is 9.59 Å². The molecule has 2 N–H and O–H groups in total. The van der Waals surface area contributed by atoms with Gasteiger partial charge in [-0.05, 0) is 25.7 Å². The van der Waals surface area contributed by atoms with E-state index >= 15 is 0 Å². The minimum atomic E-state index is -1.14. The molecule has 0 radical (unpaired) electrons. The first-order chi connectivity index (χ1) is 7.91. The third kappa shape index (κ3) is 1.73. The van der Waals surface area contributed by atoms with Gasteiger partial charge in [0.15, 0.2) is 0 Å². The molecule has 5 nitrogen and oxygen atoms in total. The number of aliphatic hydroxyl groups is 1. The van der Waals surface area contributed by atoms with Crippen LogP contribution in [0.25, 0.3) is 0 Å². The quantitative estimate of drug-likeness (QED) is 0.742. The van der Waals surface area contributed by atoms with Crippen LogP contribution in [0.1, 0.15) is 39.0 Å². The van der Waals surface area contributed by atoms with Gasteiger partial charge in [-0.25, -0.2) is 0 Å². The standard InChI is InChI=1S/C12H19NO4/c1-9(14)13-7-5-12(17,6-8-13)11(10(15)16)3-2-4-11/h17H,2-8H2,1H3,(H,15,16). The van der Waals surface area contributed by atoms with Crippen molar-refractivity contribution >= 4 is 11.9 Å². The van der Waals surface area contributed by atoms with E-state index in [-0.39, 0.29) is 5.91 Å². The Hall–Kier alpha value is -1.10. The van der Waals surface area contributed by atoms with E-state index in [9.17, 15) is 19.8 Å². The Bertz CT molecular complexity index is 340. The van der Waals surface area contributed by atoms with Crippen molar-refractivity contribution in [2.24, 2.45) is 5.41 Å². The summed E-state index contributed by atoms with van der Waals surface area (Å²) in [5.41, 5.74) is -2.10. The predicted molar refractivity (Wildman–Crippen MR) is 60.4 cm³/mol. The minimum absolute atomic E-state index is 0.00923. The van der Waals surface area contributed by atoms with Gasteiger partial charge in [0.05, 0.1) is 11.0 Å². The largest absolute Gasteiger partial charge is 0.481 e. The predicted octanol–water partition coefficient (Wildman–Crippen LogP) is 0.615. The summed E-state index contributed by atoms with van der Waals surface area (Å²) in [6, 6.07) is 0. The SMILES string of the molecule is CC(=O)N1CCC(O)(C2(C(=O)O)CCC2)CC1.